The summed E-state index contributed by atoms with van der Waals surface area (Å²) in [5, 5.41) is 5.69. The summed E-state index contributed by atoms with van der Waals surface area (Å²) in [4.78, 5) is 10.0. The largest absolute Gasteiger partial charge is 0.380 e. The van der Waals surface area contributed by atoms with Gasteiger partial charge in [0.05, 0.1) is 17.1 Å². The summed E-state index contributed by atoms with van der Waals surface area (Å²) in [6.45, 7) is 4.85. The Labute approximate surface area is 116 Å². The minimum absolute atomic E-state index is 0.816. The first-order valence-corrected chi connectivity index (χ1v) is 7.05. The molecular formula is C15H15N3S. The van der Waals surface area contributed by atoms with Crippen molar-refractivity contribution in [2.24, 2.45) is 0 Å². The maximum Gasteiger partial charge on any atom is 0.0897 e. The summed E-state index contributed by atoms with van der Waals surface area (Å²) in [6.07, 6.45) is 1.93. The van der Waals surface area contributed by atoms with Crippen LogP contribution in [0.3, 0.4) is 0 Å². The molecule has 0 saturated heterocycles. The van der Waals surface area contributed by atoms with Gasteiger partial charge in [-0.15, -0.1) is 11.3 Å². The van der Waals surface area contributed by atoms with Crippen LogP contribution in [0.4, 0.5) is 5.69 Å². The molecule has 0 saturated carbocycles. The molecule has 1 aromatic carbocycles. The van der Waals surface area contributed by atoms with Crippen molar-refractivity contribution in [3.8, 4) is 0 Å². The van der Waals surface area contributed by atoms with Gasteiger partial charge in [-0.1, -0.05) is 6.07 Å². The highest BCUT2D eigenvalue weighted by Gasteiger charge is 2.00. The van der Waals surface area contributed by atoms with Crippen LogP contribution in [0.2, 0.25) is 0 Å². The number of benzene rings is 1. The van der Waals surface area contributed by atoms with Crippen molar-refractivity contribution in [1.82, 2.24) is 9.97 Å². The van der Waals surface area contributed by atoms with Crippen LogP contribution in [-0.4, -0.2) is 9.97 Å². The predicted octanol–water partition coefficient (Wildman–Crippen LogP) is 3.92. The molecule has 0 bridgehead atoms. The van der Waals surface area contributed by atoms with Crippen LogP contribution >= 0.6 is 11.3 Å². The molecule has 3 rings (SSSR count). The first kappa shape index (κ1) is 12.1. The number of aromatic nitrogens is 2. The number of anilines is 1. The number of thiazole rings is 1. The summed E-state index contributed by atoms with van der Waals surface area (Å²) in [7, 11) is 0. The Hall–Kier alpha value is -1.94. The van der Waals surface area contributed by atoms with Gasteiger partial charge >= 0.3 is 0 Å². The van der Waals surface area contributed by atoms with Crippen molar-refractivity contribution in [3.05, 3.63) is 52.1 Å². The molecule has 96 valence electrons. The fourth-order valence-corrected chi connectivity index (χ4v) is 2.75. The van der Waals surface area contributed by atoms with Crippen LogP contribution in [0, 0.1) is 13.8 Å². The molecule has 4 heteroatoms. The quantitative estimate of drug-likeness (QED) is 0.783. The van der Waals surface area contributed by atoms with E-state index in [-0.39, 0.29) is 0 Å². The number of nitrogens with zero attached hydrogens (tertiary/aromatic N) is 2. The zero-order valence-electron chi connectivity index (χ0n) is 11.0. The fraction of sp³-hybridized carbons (Fsp3) is 0.200. The van der Waals surface area contributed by atoms with Crippen LogP contribution in [-0.2, 0) is 6.54 Å². The Balaban J connectivity index is 1.79. The molecule has 0 amide bonds. The first-order valence-electron chi connectivity index (χ1n) is 6.23. The van der Waals surface area contributed by atoms with Gasteiger partial charge in [0.15, 0.2) is 0 Å². The zero-order chi connectivity index (χ0) is 13.2. The lowest BCUT2D eigenvalue weighted by Crippen LogP contribution is -1.97. The molecule has 0 radical (unpaired) electrons. The number of hydrogen-bond acceptors (Lipinski definition) is 4. The molecule has 0 fully saturated rings. The first-order chi connectivity index (χ1) is 9.20. The summed E-state index contributed by atoms with van der Waals surface area (Å²) in [6, 6.07) is 10.4. The lowest BCUT2D eigenvalue weighted by Gasteiger charge is -2.06. The van der Waals surface area contributed by atoms with Gasteiger partial charge in [0.25, 0.3) is 0 Å². The normalized spacial score (nSPS) is 10.8. The van der Waals surface area contributed by atoms with Crippen molar-refractivity contribution in [3.63, 3.8) is 0 Å². The molecule has 0 atom stereocenters. The smallest absolute Gasteiger partial charge is 0.0897 e. The number of rotatable bonds is 3. The number of fused-ring (bicyclic) bond motifs is 1. The van der Waals surface area contributed by atoms with E-state index in [1.807, 2.05) is 26.1 Å². The molecule has 2 aromatic heterocycles. The van der Waals surface area contributed by atoms with Crippen molar-refractivity contribution < 1.29 is 0 Å². The van der Waals surface area contributed by atoms with E-state index in [0.717, 1.165) is 33.8 Å². The third-order valence-corrected chi connectivity index (χ3v) is 3.88. The van der Waals surface area contributed by atoms with Crippen molar-refractivity contribution in [2.75, 3.05) is 5.32 Å². The van der Waals surface area contributed by atoms with E-state index >= 15 is 0 Å². The van der Waals surface area contributed by atoms with Gasteiger partial charge in [-0.05, 0) is 38.1 Å². The number of aryl methyl sites for hydroxylation is 2. The topological polar surface area (TPSA) is 37.8 Å². The highest BCUT2D eigenvalue weighted by atomic mass is 32.1. The van der Waals surface area contributed by atoms with Gasteiger partial charge in [0.2, 0.25) is 0 Å². The highest BCUT2D eigenvalue weighted by molar-refractivity contribution is 7.11. The molecule has 0 aliphatic rings. The van der Waals surface area contributed by atoms with E-state index in [1.165, 1.54) is 4.88 Å². The van der Waals surface area contributed by atoms with E-state index < -0.39 is 0 Å². The number of nitrogens with one attached hydrogen (secondary N) is 1. The van der Waals surface area contributed by atoms with Gasteiger partial charge in [-0.3, -0.25) is 4.98 Å². The number of hydrogen-bond donors (Lipinski definition) is 1. The van der Waals surface area contributed by atoms with Crippen LogP contribution in [0.25, 0.3) is 10.9 Å². The molecule has 1 N–H and O–H groups in total. The van der Waals surface area contributed by atoms with E-state index in [0.29, 0.717) is 0 Å². The highest BCUT2D eigenvalue weighted by Crippen LogP contribution is 2.19. The molecule has 3 aromatic rings. The van der Waals surface area contributed by atoms with Crippen LogP contribution < -0.4 is 5.32 Å². The summed E-state index contributed by atoms with van der Waals surface area (Å²) < 4.78 is 0. The lowest BCUT2D eigenvalue weighted by atomic mass is 10.2. The van der Waals surface area contributed by atoms with E-state index in [2.05, 4.69) is 39.6 Å². The summed E-state index contributed by atoms with van der Waals surface area (Å²) in [5.74, 6) is 0. The minimum atomic E-state index is 0.816. The molecule has 0 unspecified atom stereocenters. The predicted molar refractivity (Wildman–Crippen MR) is 80.7 cm³/mol. The lowest BCUT2D eigenvalue weighted by molar-refractivity contribution is 1.17. The summed E-state index contributed by atoms with van der Waals surface area (Å²) in [5.41, 5.74) is 3.21. The van der Waals surface area contributed by atoms with Crippen LogP contribution in [0.15, 0.2) is 36.5 Å². The summed E-state index contributed by atoms with van der Waals surface area (Å²) >= 11 is 1.73. The van der Waals surface area contributed by atoms with E-state index in [1.54, 1.807) is 11.3 Å². The Kier molecular flexibility index (Phi) is 3.17. The minimum Gasteiger partial charge on any atom is -0.380 e. The van der Waals surface area contributed by atoms with Gasteiger partial charge in [-0.2, -0.15) is 0 Å². The maximum atomic E-state index is 4.50. The second kappa shape index (κ2) is 4.97. The van der Waals surface area contributed by atoms with Gasteiger partial charge in [0, 0.05) is 27.8 Å². The monoisotopic (exact) mass is 269 g/mol. The average molecular weight is 269 g/mol. The molecule has 0 aliphatic carbocycles. The Morgan fingerprint density at radius 3 is 2.84 bits per heavy atom. The van der Waals surface area contributed by atoms with E-state index in [9.17, 15) is 0 Å². The Bertz CT molecular complexity index is 718. The Morgan fingerprint density at radius 1 is 1.16 bits per heavy atom. The molecule has 0 aliphatic heterocycles. The molecule has 2 heterocycles. The van der Waals surface area contributed by atoms with E-state index in [4.69, 9.17) is 0 Å². The molecule has 0 spiro atoms. The van der Waals surface area contributed by atoms with Crippen molar-refractivity contribution in [1.29, 1.82) is 0 Å². The second-order valence-corrected chi connectivity index (χ2v) is 5.88. The van der Waals surface area contributed by atoms with Crippen LogP contribution in [0.1, 0.15) is 15.6 Å². The molecule has 19 heavy (non-hydrogen) atoms. The van der Waals surface area contributed by atoms with Gasteiger partial charge in [-0.25, -0.2) is 4.98 Å². The standard InChI is InChI=1S/C15H15N3S/c1-10-3-4-12-7-13(5-6-15(12)18-10)17-9-14-8-16-11(2)19-14/h3-8,17H,9H2,1-2H3. The fourth-order valence-electron chi connectivity index (χ4n) is 2.01. The third kappa shape index (κ3) is 2.74. The Morgan fingerprint density at radius 2 is 2.05 bits per heavy atom. The molecular weight excluding hydrogens is 254 g/mol. The number of pyridine rings is 1. The van der Waals surface area contributed by atoms with Crippen molar-refractivity contribution in [2.45, 2.75) is 20.4 Å². The molecule has 3 nitrogen and oxygen atoms in total. The zero-order valence-corrected chi connectivity index (χ0v) is 11.8. The maximum absolute atomic E-state index is 4.50. The van der Waals surface area contributed by atoms with Crippen molar-refractivity contribution >= 4 is 27.9 Å². The van der Waals surface area contributed by atoms with Gasteiger partial charge < -0.3 is 5.32 Å². The third-order valence-electron chi connectivity index (χ3n) is 2.96. The van der Waals surface area contributed by atoms with Gasteiger partial charge in [0.1, 0.15) is 0 Å². The second-order valence-electron chi connectivity index (χ2n) is 4.56. The SMILES string of the molecule is Cc1ccc2cc(NCc3cnc(C)s3)ccc2n1. The van der Waals surface area contributed by atoms with Crippen LogP contribution in [0.5, 0.6) is 0 Å². The average Bonchev–Trinajstić information content (AvgIpc) is 2.82.